The van der Waals surface area contributed by atoms with Crippen LogP contribution in [0.1, 0.15) is 23.2 Å². The summed E-state index contributed by atoms with van der Waals surface area (Å²) in [5.41, 5.74) is 7.14. The lowest BCUT2D eigenvalue weighted by Crippen LogP contribution is -2.26. The van der Waals surface area contributed by atoms with Crippen molar-refractivity contribution in [1.82, 2.24) is 10.1 Å². The fourth-order valence-corrected chi connectivity index (χ4v) is 3.56. The highest BCUT2D eigenvalue weighted by molar-refractivity contribution is 7.99. The van der Waals surface area contributed by atoms with E-state index in [9.17, 15) is 0 Å². The number of rotatable bonds is 4. The molecule has 20 heavy (non-hydrogen) atoms. The van der Waals surface area contributed by atoms with Crippen LogP contribution in [0.5, 0.6) is 5.75 Å². The van der Waals surface area contributed by atoms with Crippen LogP contribution >= 0.6 is 11.8 Å². The Kier molecular flexibility index (Phi) is 3.93. The highest BCUT2D eigenvalue weighted by Crippen LogP contribution is 2.30. The van der Waals surface area contributed by atoms with E-state index in [0.717, 1.165) is 22.8 Å². The molecule has 1 fully saturated rings. The Labute approximate surface area is 121 Å². The summed E-state index contributed by atoms with van der Waals surface area (Å²) in [7, 11) is 1.66. The number of aromatic nitrogens is 2. The predicted octanol–water partition coefficient (Wildman–Crippen LogP) is 1.83. The van der Waals surface area contributed by atoms with Crippen molar-refractivity contribution in [3.63, 3.8) is 0 Å². The van der Waals surface area contributed by atoms with Gasteiger partial charge in [-0.05, 0) is 17.7 Å². The van der Waals surface area contributed by atoms with Crippen LogP contribution in [0.3, 0.4) is 0 Å². The van der Waals surface area contributed by atoms with Crippen molar-refractivity contribution in [1.29, 1.82) is 0 Å². The van der Waals surface area contributed by atoms with Gasteiger partial charge in [-0.2, -0.15) is 16.7 Å². The van der Waals surface area contributed by atoms with Crippen LogP contribution in [0.15, 0.2) is 28.8 Å². The Morgan fingerprint density at radius 2 is 2.35 bits per heavy atom. The Hall–Kier alpha value is -1.53. The molecule has 6 heteroatoms. The molecule has 0 amide bonds. The second-order valence-corrected chi connectivity index (χ2v) is 5.96. The van der Waals surface area contributed by atoms with E-state index in [0.29, 0.717) is 18.1 Å². The predicted molar refractivity (Wildman–Crippen MR) is 78.1 cm³/mol. The van der Waals surface area contributed by atoms with E-state index in [2.05, 4.69) is 10.1 Å². The third-order valence-electron chi connectivity index (χ3n) is 3.42. The standard InChI is InChI=1S/C14H17N3O2S/c1-18-10-4-2-3-9(5-10)6-13-16-14(19-17-13)11-7-20-8-12(11)15/h2-5,11-12H,6-8,15H2,1H3. The molecule has 5 nitrogen and oxygen atoms in total. The van der Waals surface area contributed by atoms with E-state index in [4.69, 9.17) is 15.0 Å². The Morgan fingerprint density at radius 1 is 1.45 bits per heavy atom. The molecule has 106 valence electrons. The zero-order valence-corrected chi connectivity index (χ0v) is 12.1. The van der Waals surface area contributed by atoms with Gasteiger partial charge in [0.15, 0.2) is 5.82 Å². The second kappa shape index (κ2) is 5.85. The van der Waals surface area contributed by atoms with Gasteiger partial charge in [-0.15, -0.1) is 0 Å². The van der Waals surface area contributed by atoms with E-state index >= 15 is 0 Å². The zero-order valence-electron chi connectivity index (χ0n) is 11.3. The molecule has 2 aromatic rings. The summed E-state index contributed by atoms with van der Waals surface area (Å²) in [5.74, 6) is 4.30. The first-order valence-electron chi connectivity index (χ1n) is 6.55. The van der Waals surface area contributed by atoms with Crippen LogP contribution in [-0.4, -0.2) is 34.8 Å². The monoisotopic (exact) mass is 291 g/mol. The molecule has 1 aromatic heterocycles. The van der Waals surface area contributed by atoms with Gasteiger partial charge in [0.1, 0.15) is 5.75 Å². The summed E-state index contributed by atoms with van der Waals surface area (Å²) in [6.07, 6.45) is 0.635. The van der Waals surface area contributed by atoms with Crippen LogP contribution in [0, 0.1) is 0 Å². The number of nitrogens with zero attached hydrogens (tertiary/aromatic N) is 2. The van der Waals surface area contributed by atoms with E-state index < -0.39 is 0 Å². The van der Waals surface area contributed by atoms with Crippen molar-refractivity contribution < 1.29 is 9.26 Å². The number of benzene rings is 1. The Morgan fingerprint density at radius 3 is 3.10 bits per heavy atom. The summed E-state index contributed by atoms with van der Waals surface area (Å²) in [4.78, 5) is 4.48. The smallest absolute Gasteiger partial charge is 0.232 e. The van der Waals surface area contributed by atoms with Gasteiger partial charge < -0.3 is 15.0 Å². The van der Waals surface area contributed by atoms with Gasteiger partial charge in [-0.25, -0.2) is 0 Å². The maximum Gasteiger partial charge on any atom is 0.232 e. The largest absolute Gasteiger partial charge is 0.497 e. The van der Waals surface area contributed by atoms with E-state index in [-0.39, 0.29) is 12.0 Å². The van der Waals surface area contributed by atoms with Crippen molar-refractivity contribution >= 4 is 11.8 Å². The first-order valence-corrected chi connectivity index (χ1v) is 7.70. The first kappa shape index (κ1) is 13.5. The van der Waals surface area contributed by atoms with Gasteiger partial charge in [-0.1, -0.05) is 17.3 Å². The van der Waals surface area contributed by atoms with Gasteiger partial charge in [-0.3, -0.25) is 0 Å². The SMILES string of the molecule is COc1cccc(Cc2noc(C3CSCC3N)n2)c1. The molecule has 2 N–H and O–H groups in total. The number of thioether (sulfide) groups is 1. The Bertz CT molecular complexity index is 587. The normalized spacial score (nSPS) is 22.1. The molecule has 0 bridgehead atoms. The third-order valence-corrected chi connectivity index (χ3v) is 4.64. The van der Waals surface area contributed by atoms with E-state index in [1.54, 1.807) is 7.11 Å². The fraction of sp³-hybridized carbons (Fsp3) is 0.429. The first-order chi connectivity index (χ1) is 9.76. The molecular weight excluding hydrogens is 274 g/mol. The van der Waals surface area contributed by atoms with E-state index in [1.807, 2.05) is 36.0 Å². The van der Waals surface area contributed by atoms with Crippen LogP contribution < -0.4 is 10.5 Å². The number of nitrogens with two attached hydrogens (primary N) is 1. The minimum atomic E-state index is 0.116. The molecule has 0 radical (unpaired) electrons. The highest BCUT2D eigenvalue weighted by atomic mass is 32.2. The van der Waals surface area contributed by atoms with Crippen LogP contribution in [-0.2, 0) is 6.42 Å². The number of hydrogen-bond acceptors (Lipinski definition) is 6. The van der Waals surface area contributed by atoms with Crippen molar-refractivity contribution in [2.24, 2.45) is 5.73 Å². The fourth-order valence-electron chi connectivity index (χ4n) is 2.28. The number of ether oxygens (including phenoxy) is 1. The van der Waals surface area contributed by atoms with Gasteiger partial charge >= 0.3 is 0 Å². The molecule has 1 aliphatic rings. The lowest BCUT2D eigenvalue weighted by atomic mass is 10.1. The van der Waals surface area contributed by atoms with Gasteiger partial charge in [0.05, 0.1) is 13.0 Å². The van der Waals surface area contributed by atoms with Crippen molar-refractivity contribution in [2.45, 2.75) is 18.4 Å². The van der Waals surface area contributed by atoms with Gasteiger partial charge in [0, 0.05) is 24.0 Å². The maximum atomic E-state index is 6.05. The molecular formula is C14H17N3O2S. The van der Waals surface area contributed by atoms with Crippen molar-refractivity contribution in [2.75, 3.05) is 18.6 Å². The molecule has 0 saturated carbocycles. The average Bonchev–Trinajstić information content (AvgIpc) is 3.08. The van der Waals surface area contributed by atoms with Crippen LogP contribution in [0.4, 0.5) is 0 Å². The van der Waals surface area contributed by atoms with Crippen LogP contribution in [0.25, 0.3) is 0 Å². The molecule has 1 saturated heterocycles. The molecule has 0 aliphatic carbocycles. The summed E-state index contributed by atoms with van der Waals surface area (Å²) >= 11 is 1.83. The zero-order chi connectivity index (χ0) is 13.9. The third kappa shape index (κ3) is 2.81. The summed E-state index contributed by atoms with van der Waals surface area (Å²) in [6, 6.07) is 7.99. The minimum Gasteiger partial charge on any atom is -0.497 e. The van der Waals surface area contributed by atoms with Crippen molar-refractivity contribution in [3.05, 3.63) is 41.5 Å². The molecule has 2 heterocycles. The quantitative estimate of drug-likeness (QED) is 0.926. The molecule has 3 rings (SSSR count). The molecule has 2 unspecified atom stereocenters. The second-order valence-electron chi connectivity index (χ2n) is 4.88. The van der Waals surface area contributed by atoms with Crippen molar-refractivity contribution in [3.8, 4) is 5.75 Å². The summed E-state index contributed by atoms with van der Waals surface area (Å²) < 4.78 is 10.6. The van der Waals surface area contributed by atoms with Gasteiger partial charge in [0.2, 0.25) is 5.89 Å². The highest BCUT2D eigenvalue weighted by Gasteiger charge is 2.30. The number of methoxy groups -OCH3 is 1. The Balaban J connectivity index is 1.73. The lowest BCUT2D eigenvalue weighted by molar-refractivity contribution is 0.349. The molecule has 0 spiro atoms. The molecule has 1 aliphatic heterocycles. The van der Waals surface area contributed by atoms with Gasteiger partial charge in [0.25, 0.3) is 0 Å². The molecule has 2 atom stereocenters. The maximum absolute atomic E-state index is 6.05. The van der Waals surface area contributed by atoms with Crippen LogP contribution in [0.2, 0.25) is 0 Å². The average molecular weight is 291 g/mol. The molecule has 1 aromatic carbocycles. The minimum absolute atomic E-state index is 0.116. The summed E-state index contributed by atoms with van der Waals surface area (Å²) in [6.45, 7) is 0. The lowest BCUT2D eigenvalue weighted by Gasteiger charge is -2.07. The summed E-state index contributed by atoms with van der Waals surface area (Å²) in [5, 5.41) is 4.05. The number of hydrogen-bond donors (Lipinski definition) is 1. The topological polar surface area (TPSA) is 74.2 Å². The van der Waals surface area contributed by atoms with E-state index in [1.165, 1.54) is 0 Å².